The highest BCUT2D eigenvalue weighted by Crippen LogP contribution is 2.64. The Morgan fingerprint density at radius 1 is 1.19 bits per heavy atom. The second-order valence-corrected chi connectivity index (χ2v) is 7.38. The van der Waals surface area contributed by atoms with Crippen LogP contribution in [0.5, 0.6) is 0 Å². The summed E-state index contributed by atoms with van der Waals surface area (Å²) in [5, 5.41) is 4.70. The molecule has 2 unspecified atom stereocenters. The van der Waals surface area contributed by atoms with E-state index in [2.05, 4.69) is 36.4 Å². The Hall–Kier alpha value is -0.870. The van der Waals surface area contributed by atoms with Crippen LogP contribution in [0.2, 0.25) is 0 Å². The number of rotatable bonds is 3. The Kier molecular flexibility index (Phi) is 3.34. The van der Waals surface area contributed by atoms with Gasteiger partial charge in [-0.25, -0.2) is 0 Å². The van der Waals surface area contributed by atoms with Crippen LogP contribution >= 0.6 is 0 Å². The minimum Gasteiger partial charge on any atom is -0.379 e. The lowest BCUT2D eigenvalue weighted by molar-refractivity contribution is 0.0151. The monoisotopic (exact) mass is 289 g/mol. The highest BCUT2D eigenvalue weighted by atomic mass is 16.5. The molecule has 2 saturated carbocycles. The van der Waals surface area contributed by atoms with Crippen LogP contribution in [-0.4, -0.2) is 47.0 Å². The summed E-state index contributed by atoms with van der Waals surface area (Å²) in [5.41, 5.74) is 2.67. The zero-order valence-corrected chi connectivity index (χ0v) is 13.5. The first-order valence-electron chi connectivity index (χ1n) is 8.53. The van der Waals surface area contributed by atoms with Crippen LogP contribution in [-0.2, 0) is 4.74 Å². The van der Waals surface area contributed by atoms with Gasteiger partial charge in [-0.2, -0.15) is 5.10 Å². The summed E-state index contributed by atoms with van der Waals surface area (Å²) in [5.74, 6) is 2.60. The zero-order chi connectivity index (χ0) is 14.6. The summed E-state index contributed by atoms with van der Waals surface area (Å²) in [6.07, 6.45) is 2.77. The van der Waals surface area contributed by atoms with Crippen LogP contribution in [0.4, 0.5) is 0 Å². The standard InChI is InChI=1S/C17H27N3O/c1-11(2)20-16(8-12(3)18-20)17-14-9-13(10-15(14)17)19-4-6-21-7-5-19/h8,11,13-15,17H,4-7,9-10H2,1-3H3/t13?,14-,15+,17?. The molecule has 0 bridgehead atoms. The normalized spacial score (nSPS) is 36.2. The maximum Gasteiger partial charge on any atom is 0.0596 e. The fourth-order valence-corrected chi connectivity index (χ4v) is 4.69. The highest BCUT2D eigenvalue weighted by molar-refractivity contribution is 5.27. The van der Waals surface area contributed by atoms with Gasteiger partial charge in [0.05, 0.1) is 18.9 Å². The minimum absolute atomic E-state index is 0.477. The Balaban J connectivity index is 1.44. The van der Waals surface area contributed by atoms with Gasteiger partial charge in [-0.05, 0) is 51.5 Å². The molecular formula is C17H27N3O. The molecule has 1 aromatic heterocycles. The van der Waals surface area contributed by atoms with E-state index < -0.39 is 0 Å². The van der Waals surface area contributed by atoms with Crippen molar-refractivity contribution >= 4 is 0 Å². The number of hydrogen-bond acceptors (Lipinski definition) is 3. The van der Waals surface area contributed by atoms with Gasteiger partial charge in [-0.15, -0.1) is 0 Å². The van der Waals surface area contributed by atoms with Crippen molar-refractivity contribution in [2.24, 2.45) is 11.8 Å². The first kappa shape index (κ1) is 13.8. The molecule has 4 heteroatoms. The average molecular weight is 289 g/mol. The summed E-state index contributed by atoms with van der Waals surface area (Å²) in [7, 11) is 0. The molecule has 3 aliphatic rings. The van der Waals surface area contributed by atoms with Crippen LogP contribution in [0, 0.1) is 18.8 Å². The number of nitrogens with zero attached hydrogens (tertiary/aromatic N) is 3. The zero-order valence-electron chi connectivity index (χ0n) is 13.5. The van der Waals surface area contributed by atoms with Crippen molar-refractivity contribution in [1.29, 1.82) is 0 Å². The van der Waals surface area contributed by atoms with Crippen LogP contribution in [0.3, 0.4) is 0 Å². The quantitative estimate of drug-likeness (QED) is 0.857. The average Bonchev–Trinajstić information content (AvgIpc) is 2.86. The minimum atomic E-state index is 0.477. The number of ether oxygens (including phenoxy) is 1. The second-order valence-electron chi connectivity index (χ2n) is 7.38. The summed E-state index contributed by atoms with van der Waals surface area (Å²) in [6, 6.07) is 3.62. The third kappa shape index (κ3) is 2.33. The molecule has 4 atom stereocenters. The summed E-state index contributed by atoms with van der Waals surface area (Å²) < 4.78 is 7.75. The van der Waals surface area contributed by atoms with E-state index in [9.17, 15) is 0 Å². The molecule has 0 radical (unpaired) electrons. The van der Waals surface area contributed by atoms with E-state index in [1.807, 2.05) is 0 Å². The molecule has 21 heavy (non-hydrogen) atoms. The van der Waals surface area contributed by atoms with E-state index in [0.29, 0.717) is 6.04 Å². The number of aryl methyl sites for hydroxylation is 1. The predicted molar refractivity (Wildman–Crippen MR) is 82.5 cm³/mol. The van der Waals surface area contributed by atoms with Crippen molar-refractivity contribution in [1.82, 2.24) is 14.7 Å². The summed E-state index contributed by atoms with van der Waals surface area (Å²) >= 11 is 0. The SMILES string of the molecule is Cc1cc(C2[C@H]3CC(N4CCOCC4)C[C@@H]23)n(C(C)C)n1. The van der Waals surface area contributed by atoms with Gasteiger partial charge >= 0.3 is 0 Å². The van der Waals surface area contributed by atoms with Crippen LogP contribution < -0.4 is 0 Å². The van der Waals surface area contributed by atoms with E-state index in [-0.39, 0.29) is 0 Å². The maximum atomic E-state index is 5.48. The van der Waals surface area contributed by atoms with Crippen molar-refractivity contribution in [3.8, 4) is 0 Å². The van der Waals surface area contributed by atoms with Gasteiger partial charge in [-0.1, -0.05) is 0 Å². The molecule has 116 valence electrons. The summed E-state index contributed by atoms with van der Waals surface area (Å²) in [4.78, 5) is 2.66. The van der Waals surface area contributed by atoms with E-state index in [1.54, 1.807) is 0 Å². The molecule has 2 heterocycles. The molecule has 2 aliphatic carbocycles. The topological polar surface area (TPSA) is 30.3 Å². The Labute approximate surface area is 127 Å². The maximum absolute atomic E-state index is 5.48. The molecule has 0 amide bonds. The fraction of sp³-hybridized carbons (Fsp3) is 0.824. The van der Waals surface area contributed by atoms with Gasteiger partial charge < -0.3 is 4.74 Å². The molecule has 4 nitrogen and oxygen atoms in total. The first-order chi connectivity index (χ1) is 10.1. The number of morpholine rings is 1. The number of hydrogen-bond donors (Lipinski definition) is 0. The van der Waals surface area contributed by atoms with Gasteiger partial charge in [-0.3, -0.25) is 9.58 Å². The first-order valence-corrected chi connectivity index (χ1v) is 8.53. The van der Waals surface area contributed by atoms with Crippen molar-refractivity contribution in [2.75, 3.05) is 26.3 Å². The van der Waals surface area contributed by atoms with Crippen LogP contribution in [0.15, 0.2) is 6.07 Å². The molecule has 4 rings (SSSR count). The molecule has 3 fully saturated rings. The molecule has 1 aromatic rings. The molecule has 1 saturated heterocycles. The van der Waals surface area contributed by atoms with E-state index in [0.717, 1.165) is 50.1 Å². The third-order valence-corrected chi connectivity index (χ3v) is 5.70. The third-order valence-electron chi connectivity index (χ3n) is 5.70. The molecule has 1 aliphatic heterocycles. The smallest absolute Gasteiger partial charge is 0.0596 e. The predicted octanol–water partition coefficient (Wildman–Crippen LogP) is 2.60. The molecule has 0 aromatic carbocycles. The van der Waals surface area contributed by atoms with Crippen molar-refractivity contribution in [2.45, 2.75) is 51.6 Å². The van der Waals surface area contributed by atoms with Crippen LogP contribution in [0.1, 0.15) is 50.0 Å². The second kappa shape index (κ2) is 5.10. The van der Waals surface area contributed by atoms with Gasteiger partial charge in [0.25, 0.3) is 0 Å². The summed E-state index contributed by atoms with van der Waals surface area (Å²) in [6.45, 7) is 10.7. The van der Waals surface area contributed by atoms with Crippen molar-refractivity contribution in [3.05, 3.63) is 17.5 Å². The van der Waals surface area contributed by atoms with Crippen LogP contribution in [0.25, 0.3) is 0 Å². The Morgan fingerprint density at radius 3 is 2.48 bits per heavy atom. The Morgan fingerprint density at radius 2 is 1.86 bits per heavy atom. The number of fused-ring (bicyclic) bond motifs is 1. The van der Waals surface area contributed by atoms with Gasteiger partial charge in [0, 0.05) is 36.8 Å². The van der Waals surface area contributed by atoms with Gasteiger partial charge in [0.15, 0.2) is 0 Å². The lowest BCUT2D eigenvalue weighted by atomic mass is 10.0. The lowest BCUT2D eigenvalue weighted by Crippen LogP contribution is -2.43. The van der Waals surface area contributed by atoms with E-state index in [1.165, 1.54) is 24.2 Å². The van der Waals surface area contributed by atoms with Gasteiger partial charge in [0.1, 0.15) is 0 Å². The molecule has 0 spiro atoms. The fourth-order valence-electron chi connectivity index (χ4n) is 4.69. The molecule has 0 N–H and O–H groups in total. The Bertz CT molecular complexity index is 506. The highest BCUT2D eigenvalue weighted by Gasteiger charge is 2.58. The van der Waals surface area contributed by atoms with Crippen molar-refractivity contribution < 1.29 is 4.74 Å². The number of aromatic nitrogens is 2. The van der Waals surface area contributed by atoms with E-state index in [4.69, 9.17) is 9.84 Å². The molecular weight excluding hydrogens is 262 g/mol. The lowest BCUT2D eigenvalue weighted by Gasteiger charge is -2.33. The van der Waals surface area contributed by atoms with E-state index >= 15 is 0 Å². The largest absolute Gasteiger partial charge is 0.379 e. The van der Waals surface area contributed by atoms with Gasteiger partial charge in [0.2, 0.25) is 0 Å². The van der Waals surface area contributed by atoms with Crippen molar-refractivity contribution in [3.63, 3.8) is 0 Å².